The summed E-state index contributed by atoms with van der Waals surface area (Å²) in [5, 5.41) is 17.6. The van der Waals surface area contributed by atoms with Crippen LogP contribution in [0.1, 0.15) is 5.56 Å². The van der Waals surface area contributed by atoms with Gasteiger partial charge in [0.15, 0.2) is 5.69 Å². The van der Waals surface area contributed by atoms with Crippen molar-refractivity contribution in [3.63, 3.8) is 0 Å². The second-order valence-electron chi connectivity index (χ2n) is 14.0. The summed E-state index contributed by atoms with van der Waals surface area (Å²) in [4.78, 5) is 3.76. The number of benzene rings is 8. The normalized spacial score (nSPS) is 11.6. The van der Waals surface area contributed by atoms with Gasteiger partial charge in [-0.05, 0) is 78.4 Å². The predicted octanol–water partition coefficient (Wildman–Crippen LogP) is 13.1. The van der Waals surface area contributed by atoms with E-state index in [2.05, 4.69) is 158 Å². The maximum absolute atomic E-state index is 10.6. The molecule has 0 aliphatic heterocycles. The predicted molar refractivity (Wildman–Crippen MR) is 226 cm³/mol. The quantitative estimate of drug-likeness (QED) is 0.169. The second kappa shape index (κ2) is 11.8. The monoisotopic (exact) mass is 699 g/mol. The zero-order valence-electron chi connectivity index (χ0n) is 29.5. The third-order valence-electron chi connectivity index (χ3n) is 11.1. The molecule has 0 spiro atoms. The van der Waals surface area contributed by atoms with Gasteiger partial charge in [0.1, 0.15) is 0 Å². The second-order valence-corrected chi connectivity index (χ2v) is 14.0. The Balaban J connectivity index is 1.14. The summed E-state index contributed by atoms with van der Waals surface area (Å²) in [5.41, 5.74) is 12.5. The fourth-order valence-corrected chi connectivity index (χ4v) is 8.79. The number of para-hydroxylation sites is 4. The van der Waals surface area contributed by atoms with Crippen LogP contribution < -0.4 is 0 Å². The molecule has 0 aliphatic carbocycles. The van der Waals surface area contributed by atoms with Crippen LogP contribution in [0.5, 0.6) is 0 Å². The molecule has 0 amide bonds. The summed E-state index contributed by atoms with van der Waals surface area (Å²) >= 11 is 0. The SMILES string of the molecule is [C-]#[N+]c1ccc2c3ccccc3n(-c3cccc(C#N)c3-c3cccc(-n4c5ccccc5c5cc(-n6c7ccccc7c7ccccc76)ccc54)c3)c2c1. The lowest BCUT2D eigenvalue weighted by molar-refractivity contribution is 1.16. The van der Waals surface area contributed by atoms with Crippen LogP contribution in [0.15, 0.2) is 176 Å². The Morgan fingerprint density at radius 2 is 0.945 bits per heavy atom. The minimum absolute atomic E-state index is 0.573. The van der Waals surface area contributed by atoms with Crippen molar-refractivity contribution in [2.24, 2.45) is 0 Å². The Morgan fingerprint density at radius 3 is 1.56 bits per heavy atom. The van der Waals surface area contributed by atoms with Gasteiger partial charge in [-0.2, -0.15) is 5.26 Å². The Hall–Kier alpha value is -7.86. The van der Waals surface area contributed by atoms with Crippen molar-refractivity contribution in [2.75, 3.05) is 0 Å². The summed E-state index contributed by atoms with van der Waals surface area (Å²) < 4.78 is 6.91. The molecule has 0 saturated heterocycles. The zero-order chi connectivity index (χ0) is 36.6. The fraction of sp³-hybridized carbons (Fsp3) is 0. The van der Waals surface area contributed by atoms with Gasteiger partial charge in [0, 0.05) is 54.8 Å². The lowest BCUT2D eigenvalue weighted by atomic mass is 9.97. The Morgan fingerprint density at radius 1 is 0.418 bits per heavy atom. The van der Waals surface area contributed by atoms with E-state index in [0.29, 0.717) is 11.3 Å². The van der Waals surface area contributed by atoms with Crippen molar-refractivity contribution in [3.05, 3.63) is 193 Å². The molecule has 0 saturated carbocycles. The highest BCUT2D eigenvalue weighted by atomic mass is 15.0. The summed E-state index contributed by atoms with van der Waals surface area (Å²) in [7, 11) is 0. The molecule has 0 radical (unpaired) electrons. The van der Waals surface area contributed by atoms with E-state index < -0.39 is 0 Å². The van der Waals surface area contributed by atoms with Crippen molar-refractivity contribution in [3.8, 4) is 34.3 Å². The number of hydrogen-bond donors (Lipinski definition) is 0. The van der Waals surface area contributed by atoms with Crippen LogP contribution in [-0.4, -0.2) is 13.7 Å². The van der Waals surface area contributed by atoms with Crippen LogP contribution in [0.3, 0.4) is 0 Å². The lowest BCUT2D eigenvalue weighted by Gasteiger charge is -2.17. The summed E-state index contributed by atoms with van der Waals surface area (Å²) in [6.45, 7) is 7.76. The first-order valence-electron chi connectivity index (χ1n) is 18.3. The molecule has 3 heterocycles. The molecule has 0 unspecified atom stereocenters. The van der Waals surface area contributed by atoms with E-state index in [1.54, 1.807) is 0 Å². The third kappa shape index (κ3) is 4.45. The number of nitriles is 1. The number of fused-ring (bicyclic) bond motifs is 9. The highest BCUT2D eigenvalue weighted by molar-refractivity contribution is 6.13. The number of rotatable bonds is 4. The molecule has 5 heteroatoms. The molecule has 3 aromatic heterocycles. The number of nitrogens with zero attached hydrogens (tertiary/aromatic N) is 5. The molecule has 11 aromatic rings. The smallest absolute Gasteiger partial charge is 0.189 e. The van der Waals surface area contributed by atoms with Gasteiger partial charge < -0.3 is 13.7 Å². The Bertz CT molecular complexity index is 3420. The Kier molecular flexibility index (Phi) is 6.61. The largest absolute Gasteiger partial charge is 0.310 e. The molecule has 0 fully saturated rings. The molecule has 11 rings (SSSR count). The highest BCUT2D eigenvalue weighted by Crippen LogP contribution is 2.41. The van der Waals surface area contributed by atoms with Gasteiger partial charge >= 0.3 is 0 Å². The summed E-state index contributed by atoms with van der Waals surface area (Å²) in [6.07, 6.45) is 0. The van der Waals surface area contributed by atoms with Gasteiger partial charge in [-0.3, -0.25) is 0 Å². The van der Waals surface area contributed by atoms with E-state index in [-0.39, 0.29) is 0 Å². The molecular weight excluding hydrogens is 671 g/mol. The van der Waals surface area contributed by atoms with E-state index in [1.165, 1.54) is 32.6 Å². The molecule has 8 aromatic carbocycles. The maximum atomic E-state index is 10.6. The number of aromatic nitrogens is 3. The summed E-state index contributed by atoms with van der Waals surface area (Å²) in [5.74, 6) is 0. The van der Waals surface area contributed by atoms with Crippen molar-refractivity contribution < 1.29 is 0 Å². The van der Waals surface area contributed by atoms with Gasteiger partial charge in [0.2, 0.25) is 0 Å². The van der Waals surface area contributed by atoms with Gasteiger partial charge in [0.25, 0.3) is 0 Å². The molecular formula is C50H29N5. The average molecular weight is 700 g/mol. The topological polar surface area (TPSA) is 42.9 Å². The van der Waals surface area contributed by atoms with Gasteiger partial charge in [-0.25, -0.2) is 4.85 Å². The highest BCUT2D eigenvalue weighted by Gasteiger charge is 2.20. The first-order valence-corrected chi connectivity index (χ1v) is 18.3. The standard InChI is InChI=1S/C50H29N5/c1-52-34-24-26-41-39-17-4-9-22-46(39)55(49(41)29-34)48-23-11-13-33(31-51)50(48)32-12-10-14-35(28-32)53-45-21-8-5-18-40(45)42-30-36(25-27-47(42)53)54-43-19-6-2-15-37(43)38-16-3-7-20-44(38)54/h2-30H. The molecule has 0 aliphatic rings. The van der Waals surface area contributed by atoms with Gasteiger partial charge in [-0.15, -0.1) is 0 Å². The molecule has 0 bridgehead atoms. The molecule has 254 valence electrons. The van der Waals surface area contributed by atoms with Crippen LogP contribution in [-0.2, 0) is 0 Å². The van der Waals surface area contributed by atoms with Crippen LogP contribution >= 0.6 is 0 Å². The third-order valence-corrected chi connectivity index (χ3v) is 11.1. The fourth-order valence-electron chi connectivity index (χ4n) is 8.79. The van der Waals surface area contributed by atoms with Crippen molar-refractivity contribution in [2.45, 2.75) is 0 Å². The zero-order valence-corrected chi connectivity index (χ0v) is 29.5. The average Bonchev–Trinajstić information content (AvgIpc) is 3.88. The van der Waals surface area contributed by atoms with Crippen LogP contribution in [0.4, 0.5) is 5.69 Å². The first-order chi connectivity index (χ1) is 27.2. The van der Waals surface area contributed by atoms with Gasteiger partial charge in [0.05, 0.1) is 51.5 Å². The van der Waals surface area contributed by atoms with E-state index in [9.17, 15) is 5.26 Å². The van der Waals surface area contributed by atoms with E-state index in [1.807, 2.05) is 42.5 Å². The van der Waals surface area contributed by atoms with Crippen LogP contribution in [0.2, 0.25) is 0 Å². The molecule has 0 atom stereocenters. The maximum Gasteiger partial charge on any atom is 0.189 e. The van der Waals surface area contributed by atoms with E-state index in [0.717, 1.165) is 61.0 Å². The lowest BCUT2D eigenvalue weighted by Crippen LogP contribution is -2.00. The van der Waals surface area contributed by atoms with Gasteiger partial charge in [-0.1, -0.05) is 103 Å². The van der Waals surface area contributed by atoms with Crippen molar-refractivity contribution >= 4 is 71.1 Å². The minimum Gasteiger partial charge on any atom is -0.310 e. The Labute approximate surface area is 316 Å². The van der Waals surface area contributed by atoms with Crippen LogP contribution in [0.25, 0.3) is 98.5 Å². The minimum atomic E-state index is 0.573. The molecule has 0 N–H and O–H groups in total. The molecule has 5 nitrogen and oxygen atoms in total. The van der Waals surface area contributed by atoms with E-state index >= 15 is 0 Å². The van der Waals surface area contributed by atoms with E-state index in [4.69, 9.17) is 6.57 Å². The summed E-state index contributed by atoms with van der Waals surface area (Å²) in [6, 6.07) is 63.7. The molecule has 55 heavy (non-hydrogen) atoms. The first kappa shape index (κ1) is 30.7. The number of hydrogen-bond acceptors (Lipinski definition) is 1. The van der Waals surface area contributed by atoms with Crippen molar-refractivity contribution in [1.29, 1.82) is 5.26 Å². The van der Waals surface area contributed by atoms with Crippen LogP contribution in [0, 0.1) is 17.9 Å². The van der Waals surface area contributed by atoms with Crippen molar-refractivity contribution in [1.82, 2.24) is 13.7 Å².